The first-order chi connectivity index (χ1) is 8.00. The van der Waals surface area contributed by atoms with Gasteiger partial charge in [0.15, 0.2) is 5.81 Å². The minimum Gasteiger partial charge on any atom is -0.480 e. The van der Waals surface area contributed by atoms with Crippen LogP contribution in [0.5, 0.6) is 0 Å². The third-order valence-corrected chi connectivity index (χ3v) is 2.17. The first-order valence-corrected chi connectivity index (χ1v) is 5.07. The second-order valence-electron chi connectivity index (χ2n) is 3.56. The molecule has 1 aromatic rings. The van der Waals surface area contributed by atoms with E-state index in [0.717, 1.165) is 10.5 Å². The van der Waals surface area contributed by atoms with Crippen LogP contribution in [0.2, 0.25) is 0 Å². The van der Waals surface area contributed by atoms with Gasteiger partial charge in [-0.05, 0) is 5.56 Å². The molecule has 6 heteroatoms. The molecule has 0 radical (unpaired) electrons. The first-order valence-electron chi connectivity index (χ1n) is 5.07. The molecule has 0 heterocycles. The maximum atomic E-state index is 11.7. The zero-order valence-electron chi connectivity index (χ0n) is 9.42. The first kappa shape index (κ1) is 13.0. The van der Waals surface area contributed by atoms with Crippen molar-refractivity contribution < 1.29 is 19.5 Å². The van der Waals surface area contributed by atoms with Crippen molar-refractivity contribution >= 4 is 25.5 Å². The molecule has 0 aromatic heterocycles. The Hall–Kier alpha value is -2.11. The smallest absolute Gasteiger partial charge is 0.323 e. The Morgan fingerprint density at radius 1 is 1.18 bits per heavy atom. The number of carboxylic acids is 1. The molecule has 88 valence electrons. The highest BCUT2D eigenvalue weighted by molar-refractivity contribution is 6.58. The minimum atomic E-state index is -1.21. The lowest BCUT2D eigenvalue weighted by molar-refractivity contribution is -0.141. The Morgan fingerprint density at radius 2 is 1.76 bits per heavy atom. The molecule has 0 fully saturated rings. The minimum absolute atomic E-state index is 0.0215. The van der Waals surface area contributed by atoms with Gasteiger partial charge in [-0.15, -0.1) is 0 Å². The van der Waals surface area contributed by atoms with Crippen molar-refractivity contribution in [2.75, 3.05) is 6.54 Å². The summed E-state index contributed by atoms with van der Waals surface area (Å²) in [5.74, 6) is -2.28. The fourth-order valence-corrected chi connectivity index (χ4v) is 1.38. The lowest BCUT2D eigenvalue weighted by Gasteiger charge is -2.17. The summed E-state index contributed by atoms with van der Waals surface area (Å²) in [6, 6.07) is 8.86. The summed E-state index contributed by atoms with van der Waals surface area (Å²) in [4.78, 5) is 34.1. The molecule has 0 aliphatic rings. The van der Waals surface area contributed by atoms with E-state index >= 15 is 0 Å². The molecule has 0 unspecified atom stereocenters. The Labute approximate surface area is 99.4 Å². The number of carbonyl (C=O) groups is 3. The molecule has 1 aromatic carbocycles. The molecule has 0 aliphatic carbocycles. The van der Waals surface area contributed by atoms with Crippen molar-refractivity contribution in [1.29, 1.82) is 0 Å². The van der Waals surface area contributed by atoms with Gasteiger partial charge < -0.3 is 5.11 Å². The Bertz CT molecular complexity index is 432. The van der Waals surface area contributed by atoms with E-state index in [-0.39, 0.29) is 6.42 Å². The van der Waals surface area contributed by atoms with Crippen LogP contribution in [0.15, 0.2) is 30.3 Å². The molecule has 1 rings (SSSR count). The highest BCUT2D eigenvalue weighted by atomic mass is 16.4. The summed E-state index contributed by atoms with van der Waals surface area (Å²) < 4.78 is 0. The van der Waals surface area contributed by atoms with Crippen molar-refractivity contribution in [1.82, 2.24) is 4.90 Å². The number of carboxylic acid groups (broad SMARTS) is 1. The average Bonchev–Trinajstić information content (AvgIpc) is 2.26. The monoisotopic (exact) mass is 233 g/mol. The zero-order chi connectivity index (χ0) is 12.8. The molecule has 17 heavy (non-hydrogen) atoms. The third kappa shape index (κ3) is 4.10. The van der Waals surface area contributed by atoms with E-state index in [2.05, 4.69) is 0 Å². The Balaban J connectivity index is 2.72. The van der Waals surface area contributed by atoms with Crippen molar-refractivity contribution in [3.8, 4) is 0 Å². The van der Waals surface area contributed by atoms with Gasteiger partial charge in [0, 0.05) is 0 Å². The summed E-state index contributed by atoms with van der Waals surface area (Å²) in [5, 5.41) is 8.60. The molecule has 0 bridgehead atoms. The summed E-state index contributed by atoms with van der Waals surface area (Å²) >= 11 is 0. The van der Waals surface area contributed by atoms with Gasteiger partial charge in [0.25, 0.3) is 0 Å². The van der Waals surface area contributed by atoms with Crippen LogP contribution in [0.25, 0.3) is 0 Å². The molecule has 0 saturated carbocycles. The predicted octanol–water partition coefficient (Wildman–Crippen LogP) is -0.105. The van der Waals surface area contributed by atoms with Crippen LogP contribution in [-0.2, 0) is 16.0 Å². The third-order valence-electron chi connectivity index (χ3n) is 2.17. The van der Waals surface area contributed by atoms with E-state index in [9.17, 15) is 14.4 Å². The number of imide groups is 1. The number of amides is 2. The number of benzene rings is 1. The second-order valence-corrected chi connectivity index (χ2v) is 3.56. The van der Waals surface area contributed by atoms with Gasteiger partial charge in [-0.3, -0.25) is 19.3 Å². The standard InChI is InChI=1S/C11H12BNO4/c12-11(17)13(7-10(15)16)9(14)6-8-4-2-1-3-5-8/h1-5H,6-7,12H2,(H,15,16). The summed E-state index contributed by atoms with van der Waals surface area (Å²) in [6.07, 6.45) is 0.0215. The van der Waals surface area contributed by atoms with Crippen LogP contribution in [0.1, 0.15) is 5.56 Å². The van der Waals surface area contributed by atoms with Crippen molar-refractivity contribution in [3.63, 3.8) is 0 Å². The van der Waals surface area contributed by atoms with Gasteiger partial charge in [0.05, 0.1) is 6.42 Å². The van der Waals surface area contributed by atoms with Gasteiger partial charge in [-0.25, -0.2) is 0 Å². The lowest BCUT2D eigenvalue weighted by Crippen LogP contribution is -2.40. The maximum Gasteiger partial charge on any atom is 0.323 e. The average molecular weight is 233 g/mol. The number of rotatable bonds is 4. The maximum absolute atomic E-state index is 11.7. The molecular weight excluding hydrogens is 221 g/mol. The summed E-state index contributed by atoms with van der Waals surface area (Å²) in [6.45, 7) is -0.596. The number of hydrogen-bond donors (Lipinski definition) is 1. The van der Waals surface area contributed by atoms with Crippen molar-refractivity contribution in [3.05, 3.63) is 35.9 Å². The Kier molecular flexibility index (Phi) is 4.45. The van der Waals surface area contributed by atoms with E-state index in [4.69, 9.17) is 5.11 Å². The molecule has 5 nitrogen and oxygen atoms in total. The van der Waals surface area contributed by atoms with E-state index in [0.29, 0.717) is 0 Å². The fourth-order valence-electron chi connectivity index (χ4n) is 1.38. The number of carbonyl (C=O) groups excluding carboxylic acids is 2. The van der Waals surface area contributed by atoms with Crippen LogP contribution < -0.4 is 0 Å². The van der Waals surface area contributed by atoms with E-state index in [1.807, 2.05) is 6.07 Å². The Morgan fingerprint density at radius 3 is 2.24 bits per heavy atom. The molecular formula is C11H12BNO4. The summed E-state index contributed by atoms with van der Waals surface area (Å²) in [7, 11) is 1.17. The van der Waals surface area contributed by atoms with Crippen LogP contribution in [0, 0.1) is 0 Å². The lowest BCUT2D eigenvalue weighted by atomic mass is 10.1. The molecule has 0 atom stereocenters. The quantitative estimate of drug-likeness (QED) is 0.736. The molecule has 2 amide bonds. The molecule has 0 aliphatic heterocycles. The van der Waals surface area contributed by atoms with Crippen LogP contribution in [0.3, 0.4) is 0 Å². The van der Waals surface area contributed by atoms with E-state index in [1.54, 1.807) is 24.3 Å². The van der Waals surface area contributed by atoms with Crippen molar-refractivity contribution in [2.45, 2.75) is 6.42 Å². The van der Waals surface area contributed by atoms with Crippen molar-refractivity contribution in [2.24, 2.45) is 0 Å². The molecule has 0 saturated heterocycles. The number of hydrogen-bond acceptors (Lipinski definition) is 3. The SMILES string of the molecule is BC(=O)N(CC(=O)O)C(=O)Cc1ccccc1. The fraction of sp³-hybridized carbons (Fsp3) is 0.182. The predicted molar refractivity (Wildman–Crippen MR) is 63.4 cm³/mol. The van der Waals surface area contributed by atoms with Crippen LogP contribution in [-0.4, -0.2) is 42.1 Å². The highest BCUT2D eigenvalue weighted by Crippen LogP contribution is 2.03. The van der Waals surface area contributed by atoms with Gasteiger partial charge in [0.1, 0.15) is 6.54 Å². The zero-order valence-corrected chi connectivity index (χ0v) is 9.42. The van der Waals surface area contributed by atoms with Crippen LogP contribution >= 0.6 is 0 Å². The number of nitrogens with zero attached hydrogens (tertiary/aromatic N) is 1. The van der Waals surface area contributed by atoms with E-state index in [1.165, 1.54) is 7.85 Å². The van der Waals surface area contributed by atoms with Gasteiger partial charge in [-0.1, -0.05) is 30.3 Å². The van der Waals surface area contributed by atoms with E-state index < -0.39 is 24.2 Å². The van der Waals surface area contributed by atoms with Gasteiger partial charge in [0.2, 0.25) is 13.8 Å². The molecule has 1 N–H and O–H groups in total. The normalized spacial score (nSPS) is 9.65. The highest BCUT2D eigenvalue weighted by Gasteiger charge is 2.20. The summed E-state index contributed by atoms with van der Waals surface area (Å²) in [5.41, 5.74) is 0.745. The van der Waals surface area contributed by atoms with Gasteiger partial charge >= 0.3 is 5.97 Å². The largest absolute Gasteiger partial charge is 0.480 e. The van der Waals surface area contributed by atoms with Crippen LogP contribution in [0.4, 0.5) is 4.79 Å². The second kappa shape index (κ2) is 5.84. The number of aliphatic carboxylic acids is 1. The molecule has 0 spiro atoms. The van der Waals surface area contributed by atoms with Gasteiger partial charge in [-0.2, -0.15) is 0 Å². The topological polar surface area (TPSA) is 74.7 Å².